The Hall–Kier alpha value is -3.40. The van der Waals surface area contributed by atoms with E-state index < -0.39 is 0 Å². The van der Waals surface area contributed by atoms with Crippen molar-refractivity contribution >= 4 is 69.2 Å². The third-order valence-corrected chi connectivity index (χ3v) is 8.13. The van der Waals surface area contributed by atoms with Crippen LogP contribution in [0.2, 0.25) is 0 Å². The first kappa shape index (κ1) is 19.1. The normalized spacial score (nSPS) is 11.8. The van der Waals surface area contributed by atoms with Crippen LogP contribution in [-0.4, -0.2) is 4.57 Å². The second-order valence-corrected chi connectivity index (χ2v) is 10.3. The number of aromatic nitrogens is 1. The molecule has 0 radical (unpaired) electrons. The molecule has 2 aromatic heterocycles. The zero-order valence-corrected chi connectivity index (χ0v) is 20.0. The van der Waals surface area contributed by atoms with Gasteiger partial charge in [-0.05, 0) is 41.5 Å². The molecule has 0 amide bonds. The molecule has 0 saturated carbocycles. The third-order valence-electron chi connectivity index (χ3n) is 6.45. The van der Waals surface area contributed by atoms with Crippen LogP contribution in [0.15, 0.2) is 114 Å². The van der Waals surface area contributed by atoms with Gasteiger partial charge in [-0.15, -0.1) is 11.3 Å². The van der Waals surface area contributed by atoms with E-state index in [1.807, 2.05) is 11.3 Å². The predicted molar refractivity (Wildman–Crippen MR) is 147 cm³/mol. The van der Waals surface area contributed by atoms with E-state index in [2.05, 4.69) is 130 Å². The first-order valence-electron chi connectivity index (χ1n) is 11.0. The summed E-state index contributed by atoms with van der Waals surface area (Å²) in [6.07, 6.45) is 0. The van der Waals surface area contributed by atoms with Gasteiger partial charge in [0.15, 0.2) is 0 Å². The fourth-order valence-corrected chi connectivity index (χ4v) is 6.56. The summed E-state index contributed by atoms with van der Waals surface area (Å²) in [5.74, 6) is 0. The van der Waals surface area contributed by atoms with Gasteiger partial charge in [-0.3, -0.25) is 0 Å². The van der Waals surface area contributed by atoms with Gasteiger partial charge in [-0.25, -0.2) is 0 Å². The van der Waals surface area contributed by atoms with Crippen molar-refractivity contribution in [3.8, 4) is 16.8 Å². The predicted octanol–water partition coefficient (Wildman–Crippen LogP) is 9.58. The lowest BCUT2D eigenvalue weighted by atomic mass is 10.1. The summed E-state index contributed by atoms with van der Waals surface area (Å²) in [7, 11) is 0. The minimum Gasteiger partial charge on any atom is -0.308 e. The number of rotatable bonds is 2. The van der Waals surface area contributed by atoms with Gasteiger partial charge in [-0.1, -0.05) is 94.8 Å². The van der Waals surface area contributed by atoms with E-state index in [0.717, 1.165) is 4.47 Å². The third kappa shape index (κ3) is 2.90. The van der Waals surface area contributed by atoms with Crippen molar-refractivity contribution in [3.05, 3.63) is 114 Å². The topological polar surface area (TPSA) is 4.93 Å². The molecular formula is C30H18BrNS. The number of fused-ring (bicyclic) bond motifs is 7. The monoisotopic (exact) mass is 503 g/mol. The van der Waals surface area contributed by atoms with Gasteiger partial charge in [0.05, 0.1) is 15.7 Å². The quantitative estimate of drug-likeness (QED) is 0.221. The summed E-state index contributed by atoms with van der Waals surface area (Å²) in [6, 6.07) is 39.4. The number of hydrogen-bond acceptors (Lipinski definition) is 1. The van der Waals surface area contributed by atoms with Crippen molar-refractivity contribution < 1.29 is 0 Å². The highest BCUT2D eigenvalue weighted by Crippen LogP contribution is 2.43. The molecule has 3 heteroatoms. The van der Waals surface area contributed by atoms with Crippen molar-refractivity contribution in [2.24, 2.45) is 0 Å². The first-order valence-corrected chi connectivity index (χ1v) is 12.6. The van der Waals surface area contributed by atoms with Crippen LogP contribution >= 0.6 is 27.3 Å². The molecule has 33 heavy (non-hydrogen) atoms. The van der Waals surface area contributed by atoms with Gasteiger partial charge in [0.1, 0.15) is 0 Å². The molecule has 0 fully saturated rings. The van der Waals surface area contributed by atoms with Crippen molar-refractivity contribution in [2.75, 3.05) is 0 Å². The maximum Gasteiger partial charge on any atom is 0.0719 e. The summed E-state index contributed by atoms with van der Waals surface area (Å²) < 4.78 is 6.20. The summed E-state index contributed by atoms with van der Waals surface area (Å²) in [5, 5.41) is 5.22. The lowest BCUT2D eigenvalue weighted by Gasteiger charge is -2.11. The SMILES string of the molecule is Brc1ccc2c3ccc4c5ccccc5sc4c3n(-c3cccc(-c4ccccc4)c3)c2c1. The molecule has 5 aromatic carbocycles. The van der Waals surface area contributed by atoms with Crippen LogP contribution in [0.1, 0.15) is 0 Å². The maximum absolute atomic E-state index is 3.71. The molecule has 156 valence electrons. The highest BCUT2D eigenvalue weighted by molar-refractivity contribution is 9.10. The van der Waals surface area contributed by atoms with Crippen molar-refractivity contribution in [1.29, 1.82) is 0 Å². The van der Waals surface area contributed by atoms with Crippen LogP contribution < -0.4 is 0 Å². The molecule has 0 saturated heterocycles. The first-order chi connectivity index (χ1) is 16.3. The lowest BCUT2D eigenvalue weighted by Crippen LogP contribution is -1.94. The second-order valence-electron chi connectivity index (χ2n) is 8.35. The Bertz CT molecular complexity index is 1830. The molecule has 7 aromatic rings. The minimum atomic E-state index is 1.09. The van der Waals surface area contributed by atoms with Crippen molar-refractivity contribution in [1.82, 2.24) is 4.57 Å². The van der Waals surface area contributed by atoms with Crippen molar-refractivity contribution in [3.63, 3.8) is 0 Å². The number of thiophene rings is 1. The van der Waals surface area contributed by atoms with Gasteiger partial charge >= 0.3 is 0 Å². The molecule has 0 spiro atoms. The Morgan fingerprint density at radius 1 is 0.576 bits per heavy atom. The van der Waals surface area contributed by atoms with E-state index >= 15 is 0 Å². The summed E-state index contributed by atoms with van der Waals surface area (Å²) in [4.78, 5) is 0. The van der Waals surface area contributed by atoms with Gasteiger partial charge in [0.2, 0.25) is 0 Å². The fourth-order valence-electron chi connectivity index (χ4n) is 4.98. The van der Waals surface area contributed by atoms with Crippen molar-refractivity contribution in [2.45, 2.75) is 0 Å². The van der Waals surface area contributed by atoms with E-state index in [-0.39, 0.29) is 0 Å². The second kappa shape index (κ2) is 7.31. The van der Waals surface area contributed by atoms with E-state index in [9.17, 15) is 0 Å². The molecular weight excluding hydrogens is 486 g/mol. The lowest BCUT2D eigenvalue weighted by molar-refractivity contribution is 1.19. The summed E-state index contributed by atoms with van der Waals surface area (Å²) >= 11 is 5.60. The molecule has 0 aliphatic carbocycles. The van der Waals surface area contributed by atoms with Gasteiger partial charge < -0.3 is 4.57 Å². The molecule has 0 unspecified atom stereocenters. The average Bonchev–Trinajstić information content (AvgIpc) is 3.40. The minimum absolute atomic E-state index is 1.09. The number of hydrogen-bond donors (Lipinski definition) is 0. The van der Waals surface area contributed by atoms with E-state index in [0.29, 0.717) is 0 Å². The van der Waals surface area contributed by atoms with Gasteiger partial charge in [0.25, 0.3) is 0 Å². The molecule has 0 aliphatic rings. The number of benzene rings is 5. The maximum atomic E-state index is 3.71. The average molecular weight is 504 g/mol. The Balaban J connectivity index is 1.64. The molecule has 7 rings (SSSR count). The number of nitrogens with zero attached hydrogens (tertiary/aromatic N) is 1. The van der Waals surface area contributed by atoms with Crippen LogP contribution in [0.4, 0.5) is 0 Å². The number of halogens is 1. The Morgan fingerprint density at radius 2 is 1.33 bits per heavy atom. The van der Waals surface area contributed by atoms with E-state index in [4.69, 9.17) is 0 Å². The molecule has 2 heterocycles. The highest BCUT2D eigenvalue weighted by atomic mass is 79.9. The molecule has 0 atom stereocenters. The fraction of sp³-hybridized carbons (Fsp3) is 0. The zero-order chi connectivity index (χ0) is 21.9. The Labute approximate surface area is 203 Å². The van der Waals surface area contributed by atoms with Crippen LogP contribution in [-0.2, 0) is 0 Å². The highest BCUT2D eigenvalue weighted by Gasteiger charge is 2.18. The van der Waals surface area contributed by atoms with Crippen LogP contribution in [0.5, 0.6) is 0 Å². The van der Waals surface area contributed by atoms with E-state index in [1.54, 1.807) is 0 Å². The standard InChI is InChI=1S/C30H18BrNS/c31-21-13-14-23-25-15-16-26-24-11-4-5-12-28(24)33-30(26)29(25)32(27(23)18-21)22-10-6-9-20(17-22)19-7-2-1-3-8-19/h1-18H. The molecule has 1 nitrogen and oxygen atoms in total. The molecule has 0 aliphatic heterocycles. The van der Waals surface area contributed by atoms with Crippen LogP contribution in [0.25, 0.3) is 58.8 Å². The molecule has 0 N–H and O–H groups in total. The van der Waals surface area contributed by atoms with Crippen LogP contribution in [0.3, 0.4) is 0 Å². The van der Waals surface area contributed by atoms with Crippen LogP contribution in [0, 0.1) is 0 Å². The Kier molecular flexibility index (Phi) is 4.23. The summed E-state index contributed by atoms with van der Waals surface area (Å²) in [6.45, 7) is 0. The van der Waals surface area contributed by atoms with Gasteiger partial charge in [-0.2, -0.15) is 0 Å². The largest absolute Gasteiger partial charge is 0.308 e. The molecule has 0 bridgehead atoms. The summed E-state index contributed by atoms with van der Waals surface area (Å²) in [5.41, 5.74) is 6.14. The van der Waals surface area contributed by atoms with E-state index in [1.165, 1.54) is 58.8 Å². The zero-order valence-electron chi connectivity index (χ0n) is 17.6. The Morgan fingerprint density at radius 3 is 2.24 bits per heavy atom. The smallest absolute Gasteiger partial charge is 0.0719 e. The van der Waals surface area contributed by atoms with Gasteiger partial charge in [0, 0.05) is 36.4 Å².